The first-order valence-corrected chi connectivity index (χ1v) is 7.18. The lowest BCUT2D eigenvalue weighted by atomic mass is 10.1. The van der Waals surface area contributed by atoms with Crippen LogP contribution in [0.5, 0.6) is 11.5 Å². The summed E-state index contributed by atoms with van der Waals surface area (Å²) in [6.45, 7) is 5.23. The van der Waals surface area contributed by atoms with Crippen LogP contribution in [-0.2, 0) is 11.3 Å². The summed E-state index contributed by atoms with van der Waals surface area (Å²) in [7, 11) is 5.10. The van der Waals surface area contributed by atoms with Gasteiger partial charge in [0, 0.05) is 32.2 Å². The van der Waals surface area contributed by atoms with Gasteiger partial charge < -0.3 is 19.7 Å². The highest BCUT2D eigenvalue weighted by molar-refractivity contribution is 5.75. The van der Waals surface area contributed by atoms with Gasteiger partial charge in [0.05, 0.1) is 20.1 Å². The Morgan fingerprint density at radius 3 is 2.62 bits per heavy atom. The predicted octanol–water partition coefficient (Wildman–Crippen LogP) is 2.05. The molecule has 1 aromatic carbocycles. The number of hydrogen-bond acceptors (Lipinski definition) is 4. The van der Waals surface area contributed by atoms with Gasteiger partial charge in [0.2, 0.25) is 5.91 Å². The summed E-state index contributed by atoms with van der Waals surface area (Å²) >= 11 is 0. The van der Waals surface area contributed by atoms with Crippen LogP contribution in [0.15, 0.2) is 18.2 Å². The van der Waals surface area contributed by atoms with Gasteiger partial charge in [0.1, 0.15) is 0 Å². The summed E-state index contributed by atoms with van der Waals surface area (Å²) in [6, 6.07) is 6.19. The zero-order chi connectivity index (χ0) is 15.8. The van der Waals surface area contributed by atoms with Crippen molar-refractivity contribution in [1.29, 1.82) is 0 Å². The van der Waals surface area contributed by atoms with Gasteiger partial charge in [-0.3, -0.25) is 4.79 Å². The molecule has 0 aliphatic heterocycles. The Labute approximate surface area is 127 Å². The zero-order valence-electron chi connectivity index (χ0n) is 13.6. The fourth-order valence-corrected chi connectivity index (χ4v) is 1.80. The Balaban J connectivity index is 2.74. The molecule has 0 bridgehead atoms. The molecular formula is C16H26N2O3. The zero-order valence-corrected chi connectivity index (χ0v) is 13.6. The molecule has 0 aliphatic carbocycles. The van der Waals surface area contributed by atoms with Crippen molar-refractivity contribution in [3.8, 4) is 11.5 Å². The molecule has 0 spiro atoms. The third kappa shape index (κ3) is 5.63. The maximum Gasteiger partial charge on any atom is 0.225 e. The lowest BCUT2D eigenvalue weighted by Crippen LogP contribution is -2.24. The van der Waals surface area contributed by atoms with Gasteiger partial charge in [-0.15, -0.1) is 0 Å². The number of methoxy groups -OCH3 is 1. The van der Waals surface area contributed by atoms with Crippen LogP contribution in [0.1, 0.15) is 25.8 Å². The maximum absolute atomic E-state index is 11.6. The van der Waals surface area contributed by atoms with E-state index in [9.17, 15) is 4.79 Å². The number of para-hydroxylation sites is 1. The predicted molar refractivity (Wildman–Crippen MR) is 83.8 cm³/mol. The topological polar surface area (TPSA) is 50.8 Å². The fourth-order valence-electron chi connectivity index (χ4n) is 1.80. The largest absolute Gasteiger partial charge is 0.493 e. The first kappa shape index (κ1) is 17.3. The van der Waals surface area contributed by atoms with Crippen LogP contribution < -0.4 is 14.8 Å². The lowest BCUT2D eigenvalue weighted by molar-refractivity contribution is -0.129. The van der Waals surface area contributed by atoms with Crippen molar-refractivity contribution in [2.45, 2.75) is 32.9 Å². The molecule has 0 unspecified atom stereocenters. The number of benzene rings is 1. The lowest BCUT2D eigenvalue weighted by Gasteiger charge is -2.17. The average Bonchev–Trinajstić information content (AvgIpc) is 2.45. The smallest absolute Gasteiger partial charge is 0.225 e. The summed E-state index contributed by atoms with van der Waals surface area (Å²) in [5.74, 6) is 1.45. The highest BCUT2D eigenvalue weighted by atomic mass is 16.5. The normalized spacial score (nSPS) is 10.6. The summed E-state index contributed by atoms with van der Waals surface area (Å²) in [6.07, 6.45) is 0.349. The number of nitrogens with one attached hydrogen (secondary N) is 1. The molecule has 118 valence electrons. The Morgan fingerprint density at radius 1 is 1.33 bits per heavy atom. The molecule has 0 atom stereocenters. The summed E-state index contributed by atoms with van der Waals surface area (Å²) < 4.78 is 11.1. The van der Waals surface area contributed by atoms with Crippen LogP contribution in [0.3, 0.4) is 0 Å². The van der Waals surface area contributed by atoms with Gasteiger partial charge in [0.15, 0.2) is 11.5 Å². The molecular weight excluding hydrogens is 268 g/mol. The van der Waals surface area contributed by atoms with Crippen molar-refractivity contribution >= 4 is 5.91 Å². The van der Waals surface area contributed by atoms with Crippen molar-refractivity contribution in [1.82, 2.24) is 10.2 Å². The second-order valence-electron chi connectivity index (χ2n) is 5.37. The van der Waals surface area contributed by atoms with Gasteiger partial charge in [-0.1, -0.05) is 26.0 Å². The van der Waals surface area contributed by atoms with E-state index in [4.69, 9.17) is 9.47 Å². The summed E-state index contributed by atoms with van der Waals surface area (Å²) in [5.41, 5.74) is 1.03. The van der Waals surface area contributed by atoms with Gasteiger partial charge in [-0.25, -0.2) is 0 Å². The minimum atomic E-state index is 0.0479. The molecule has 0 saturated heterocycles. The molecule has 0 saturated carbocycles. The number of carbonyl (C=O) groups excluding carboxylic acids is 1. The van der Waals surface area contributed by atoms with Crippen LogP contribution in [0.2, 0.25) is 0 Å². The van der Waals surface area contributed by atoms with E-state index in [2.05, 4.69) is 19.2 Å². The molecule has 5 heteroatoms. The highest BCUT2D eigenvalue weighted by Crippen LogP contribution is 2.31. The molecule has 21 heavy (non-hydrogen) atoms. The Morgan fingerprint density at radius 2 is 2.05 bits per heavy atom. The first-order chi connectivity index (χ1) is 9.95. The molecule has 0 aliphatic rings. The average molecular weight is 294 g/mol. The standard InChI is InChI=1S/C16H26N2O3/c1-12(2)17-11-13-7-6-8-14(20-5)16(13)21-10-9-15(19)18(3)4/h6-8,12,17H,9-11H2,1-5H3. The van der Waals surface area contributed by atoms with E-state index < -0.39 is 0 Å². The van der Waals surface area contributed by atoms with Crippen molar-refractivity contribution in [3.63, 3.8) is 0 Å². The summed E-state index contributed by atoms with van der Waals surface area (Å²) in [4.78, 5) is 13.2. The van der Waals surface area contributed by atoms with Gasteiger partial charge >= 0.3 is 0 Å². The van der Waals surface area contributed by atoms with Crippen molar-refractivity contribution in [2.24, 2.45) is 0 Å². The van der Waals surface area contributed by atoms with Crippen molar-refractivity contribution in [3.05, 3.63) is 23.8 Å². The van der Waals surface area contributed by atoms with E-state index in [0.29, 0.717) is 37.1 Å². The first-order valence-electron chi connectivity index (χ1n) is 7.18. The number of hydrogen-bond donors (Lipinski definition) is 1. The van der Waals surface area contributed by atoms with Crippen LogP contribution in [0.25, 0.3) is 0 Å². The number of nitrogens with zero attached hydrogens (tertiary/aromatic N) is 1. The second-order valence-corrected chi connectivity index (χ2v) is 5.37. The number of ether oxygens (including phenoxy) is 2. The van der Waals surface area contributed by atoms with Gasteiger partial charge in [-0.05, 0) is 6.07 Å². The van der Waals surface area contributed by atoms with E-state index in [1.165, 1.54) is 0 Å². The van der Waals surface area contributed by atoms with Crippen molar-refractivity contribution < 1.29 is 14.3 Å². The minimum Gasteiger partial charge on any atom is -0.493 e. The number of amides is 1. The van der Waals surface area contributed by atoms with Crippen LogP contribution in [0.4, 0.5) is 0 Å². The molecule has 1 rings (SSSR count). The Bertz CT molecular complexity index is 459. The highest BCUT2D eigenvalue weighted by Gasteiger charge is 2.12. The van der Waals surface area contributed by atoms with E-state index in [-0.39, 0.29) is 5.91 Å². The maximum atomic E-state index is 11.6. The third-order valence-electron chi connectivity index (χ3n) is 3.04. The van der Waals surface area contributed by atoms with Gasteiger partial charge in [-0.2, -0.15) is 0 Å². The van der Waals surface area contributed by atoms with Crippen molar-refractivity contribution in [2.75, 3.05) is 27.8 Å². The Hall–Kier alpha value is -1.75. The van der Waals surface area contributed by atoms with E-state index >= 15 is 0 Å². The number of carbonyl (C=O) groups is 1. The molecule has 1 aromatic rings. The summed E-state index contributed by atoms with van der Waals surface area (Å²) in [5, 5.41) is 3.36. The molecule has 0 fully saturated rings. The molecule has 0 radical (unpaired) electrons. The SMILES string of the molecule is COc1cccc(CNC(C)C)c1OCCC(=O)N(C)C. The molecule has 1 amide bonds. The third-order valence-corrected chi connectivity index (χ3v) is 3.04. The van der Waals surface area contributed by atoms with Crippen LogP contribution in [0, 0.1) is 0 Å². The second kappa shape index (κ2) is 8.52. The minimum absolute atomic E-state index is 0.0479. The molecule has 0 aromatic heterocycles. The monoisotopic (exact) mass is 294 g/mol. The van der Waals surface area contributed by atoms with E-state index in [0.717, 1.165) is 5.56 Å². The van der Waals surface area contributed by atoms with Crippen LogP contribution in [-0.4, -0.2) is 44.7 Å². The van der Waals surface area contributed by atoms with E-state index in [1.54, 1.807) is 26.1 Å². The Kier molecular flexibility index (Phi) is 7.02. The molecule has 1 N–H and O–H groups in total. The fraction of sp³-hybridized carbons (Fsp3) is 0.562. The van der Waals surface area contributed by atoms with Crippen LogP contribution >= 0.6 is 0 Å². The molecule has 0 heterocycles. The number of rotatable bonds is 8. The quantitative estimate of drug-likeness (QED) is 0.797. The van der Waals surface area contributed by atoms with Gasteiger partial charge in [0.25, 0.3) is 0 Å². The molecule has 5 nitrogen and oxygen atoms in total. The van der Waals surface area contributed by atoms with E-state index in [1.807, 2.05) is 18.2 Å².